The molecule has 0 bridgehead atoms. The summed E-state index contributed by atoms with van der Waals surface area (Å²) in [7, 11) is 1.56. The van der Waals surface area contributed by atoms with Crippen LogP contribution in [-0.4, -0.2) is 29.9 Å². The maximum absolute atomic E-state index is 13.4. The van der Waals surface area contributed by atoms with Crippen LogP contribution in [0, 0.1) is 11.6 Å². The minimum atomic E-state index is -1.57. The van der Waals surface area contributed by atoms with Crippen molar-refractivity contribution >= 4 is 5.69 Å². The van der Waals surface area contributed by atoms with Gasteiger partial charge in [-0.15, -0.1) is 0 Å². The van der Waals surface area contributed by atoms with Crippen molar-refractivity contribution in [3.05, 3.63) is 29.3 Å². The zero-order chi connectivity index (χ0) is 12.3. The minimum Gasteiger partial charge on any atom is -0.398 e. The number of anilines is 1. The Morgan fingerprint density at radius 2 is 2.00 bits per heavy atom. The summed E-state index contributed by atoms with van der Waals surface area (Å²) in [5, 5.41) is 21.7. The number of aliphatic hydroxyl groups is 2. The van der Waals surface area contributed by atoms with Crippen molar-refractivity contribution in [3.63, 3.8) is 0 Å². The van der Waals surface area contributed by atoms with E-state index in [0.717, 1.165) is 12.1 Å². The molecule has 1 rings (SSSR count). The first-order valence-electron chi connectivity index (χ1n) is 4.73. The predicted molar refractivity (Wildman–Crippen MR) is 55.7 cm³/mol. The molecule has 0 aromatic heterocycles. The highest BCUT2D eigenvalue weighted by Crippen LogP contribution is 2.27. The summed E-state index contributed by atoms with van der Waals surface area (Å²) in [5.41, 5.74) is 4.92. The molecule has 0 saturated heterocycles. The smallest absolute Gasteiger partial charge is 0.166 e. The zero-order valence-electron chi connectivity index (χ0n) is 8.74. The molecule has 6 heteroatoms. The number of benzene rings is 1. The highest BCUT2D eigenvalue weighted by atomic mass is 19.2. The third-order valence-electron chi connectivity index (χ3n) is 2.24. The molecule has 0 fully saturated rings. The average Bonchev–Trinajstić information content (AvgIpc) is 2.24. The first kappa shape index (κ1) is 12.8. The van der Waals surface area contributed by atoms with Crippen LogP contribution in [0.2, 0.25) is 0 Å². The van der Waals surface area contributed by atoms with E-state index in [1.54, 1.807) is 7.05 Å². The summed E-state index contributed by atoms with van der Waals surface area (Å²) in [6.07, 6.45) is -2.83. The lowest BCUT2D eigenvalue weighted by Gasteiger charge is -2.20. The fourth-order valence-corrected chi connectivity index (χ4v) is 1.40. The molecular weight excluding hydrogens is 218 g/mol. The Balaban J connectivity index is 3.07. The molecule has 0 amide bonds. The van der Waals surface area contributed by atoms with Gasteiger partial charge < -0.3 is 21.3 Å². The van der Waals surface area contributed by atoms with Gasteiger partial charge in [-0.1, -0.05) is 0 Å². The zero-order valence-corrected chi connectivity index (χ0v) is 8.74. The van der Waals surface area contributed by atoms with Gasteiger partial charge in [-0.2, -0.15) is 0 Å². The monoisotopic (exact) mass is 232 g/mol. The lowest BCUT2D eigenvalue weighted by atomic mass is 10.0. The SMILES string of the molecule is CNCC(O)C(O)c1c(N)ccc(F)c1F. The van der Waals surface area contributed by atoms with E-state index in [9.17, 15) is 19.0 Å². The number of nitrogen functional groups attached to an aromatic ring is 1. The molecule has 2 atom stereocenters. The van der Waals surface area contributed by atoms with Gasteiger partial charge in [0.15, 0.2) is 11.6 Å². The number of aliphatic hydroxyl groups excluding tert-OH is 2. The molecule has 0 heterocycles. The summed E-state index contributed by atoms with van der Waals surface area (Å²) in [5.74, 6) is -2.34. The second-order valence-corrected chi connectivity index (χ2v) is 3.43. The van der Waals surface area contributed by atoms with Crippen LogP contribution in [0.3, 0.4) is 0 Å². The molecule has 0 aliphatic carbocycles. The Morgan fingerprint density at radius 3 is 2.56 bits per heavy atom. The summed E-state index contributed by atoms with van der Waals surface area (Å²) in [6.45, 7) is 0.0383. The summed E-state index contributed by atoms with van der Waals surface area (Å²) in [6, 6.07) is 2.01. The molecule has 90 valence electrons. The van der Waals surface area contributed by atoms with Gasteiger partial charge in [-0.25, -0.2) is 8.78 Å². The second-order valence-electron chi connectivity index (χ2n) is 3.43. The number of nitrogens with one attached hydrogen (secondary N) is 1. The Kier molecular flexibility index (Phi) is 4.17. The molecule has 4 nitrogen and oxygen atoms in total. The fraction of sp³-hybridized carbons (Fsp3) is 0.400. The first-order valence-corrected chi connectivity index (χ1v) is 4.73. The summed E-state index contributed by atoms with van der Waals surface area (Å²) >= 11 is 0. The van der Waals surface area contributed by atoms with Gasteiger partial charge in [0.05, 0.1) is 6.10 Å². The highest BCUT2D eigenvalue weighted by Gasteiger charge is 2.25. The lowest BCUT2D eigenvalue weighted by molar-refractivity contribution is 0.0182. The van der Waals surface area contributed by atoms with Crippen molar-refractivity contribution in [1.82, 2.24) is 5.32 Å². The van der Waals surface area contributed by atoms with Gasteiger partial charge in [-0.3, -0.25) is 0 Å². The van der Waals surface area contributed by atoms with Gasteiger partial charge in [0.25, 0.3) is 0 Å². The van der Waals surface area contributed by atoms with Crippen LogP contribution in [0.15, 0.2) is 12.1 Å². The van der Waals surface area contributed by atoms with Crippen LogP contribution in [0.1, 0.15) is 11.7 Å². The van der Waals surface area contributed by atoms with E-state index in [-0.39, 0.29) is 12.2 Å². The molecule has 0 radical (unpaired) electrons. The van der Waals surface area contributed by atoms with Crippen molar-refractivity contribution in [1.29, 1.82) is 0 Å². The van der Waals surface area contributed by atoms with Crippen LogP contribution >= 0.6 is 0 Å². The number of rotatable bonds is 4. The third kappa shape index (κ3) is 2.46. The number of hydrogen-bond donors (Lipinski definition) is 4. The average molecular weight is 232 g/mol. The lowest BCUT2D eigenvalue weighted by Crippen LogP contribution is -2.30. The standard InChI is InChI=1S/C10H14F2N2O2/c1-14-4-7(15)10(16)8-6(13)3-2-5(11)9(8)12/h2-3,7,10,14-16H,4,13H2,1H3. The molecule has 1 aromatic rings. The maximum Gasteiger partial charge on any atom is 0.166 e. The largest absolute Gasteiger partial charge is 0.398 e. The molecule has 16 heavy (non-hydrogen) atoms. The molecule has 0 saturated carbocycles. The van der Waals surface area contributed by atoms with Crippen LogP contribution in [0.5, 0.6) is 0 Å². The summed E-state index contributed by atoms with van der Waals surface area (Å²) in [4.78, 5) is 0. The molecule has 2 unspecified atom stereocenters. The van der Waals surface area contributed by atoms with E-state index in [0.29, 0.717) is 0 Å². The minimum absolute atomic E-state index is 0.0383. The highest BCUT2D eigenvalue weighted by molar-refractivity contribution is 5.49. The van der Waals surface area contributed by atoms with E-state index in [4.69, 9.17) is 5.73 Å². The third-order valence-corrected chi connectivity index (χ3v) is 2.24. The summed E-state index contributed by atoms with van der Waals surface area (Å²) < 4.78 is 26.3. The van der Waals surface area contributed by atoms with Crippen LogP contribution < -0.4 is 11.1 Å². The molecular formula is C10H14F2N2O2. The van der Waals surface area contributed by atoms with Gasteiger partial charge >= 0.3 is 0 Å². The van der Waals surface area contributed by atoms with Gasteiger partial charge in [0, 0.05) is 17.8 Å². The second kappa shape index (κ2) is 5.20. The van der Waals surface area contributed by atoms with Gasteiger partial charge in [0.1, 0.15) is 6.10 Å². The maximum atomic E-state index is 13.4. The van der Waals surface area contributed by atoms with E-state index < -0.39 is 29.4 Å². The number of likely N-dealkylation sites (N-methyl/N-ethyl adjacent to an activating group) is 1. The number of hydrogen-bond acceptors (Lipinski definition) is 4. The topological polar surface area (TPSA) is 78.5 Å². The normalized spacial score (nSPS) is 14.8. The molecule has 5 N–H and O–H groups in total. The predicted octanol–water partition coefficient (Wildman–Crippen LogP) is 0.161. The Bertz CT molecular complexity index is 374. The van der Waals surface area contributed by atoms with E-state index >= 15 is 0 Å². The van der Waals surface area contributed by atoms with E-state index in [2.05, 4.69) is 5.32 Å². The molecule has 1 aromatic carbocycles. The van der Waals surface area contributed by atoms with Crippen LogP contribution in [0.25, 0.3) is 0 Å². The van der Waals surface area contributed by atoms with Crippen molar-refractivity contribution in [2.45, 2.75) is 12.2 Å². The van der Waals surface area contributed by atoms with Crippen LogP contribution in [0.4, 0.5) is 14.5 Å². The molecule has 0 spiro atoms. The van der Waals surface area contributed by atoms with E-state index in [1.807, 2.05) is 0 Å². The van der Waals surface area contributed by atoms with Crippen molar-refractivity contribution < 1.29 is 19.0 Å². The molecule has 0 aliphatic rings. The van der Waals surface area contributed by atoms with Crippen molar-refractivity contribution in [3.8, 4) is 0 Å². The number of nitrogens with two attached hydrogens (primary N) is 1. The van der Waals surface area contributed by atoms with Crippen LogP contribution in [-0.2, 0) is 0 Å². The fourth-order valence-electron chi connectivity index (χ4n) is 1.40. The molecule has 0 aliphatic heterocycles. The Hall–Kier alpha value is -1.24. The first-order chi connectivity index (χ1) is 7.49. The van der Waals surface area contributed by atoms with E-state index in [1.165, 1.54) is 0 Å². The van der Waals surface area contributed by atoms with Gasteiger partial charge in [0.2, 0.25) is 0 Å². The van der Waals surface area contributed by atoms with Crippen molar-refractivity contribution in [2.75, 3.05) is 19.3 Å². The van der Waals surface area contributed by atoms with Gasteiger partial charge in [-0.05, 0) is 19.2 Å². The van der Waals surface area contributed by atoms with Crippen molar-refractivity contribution in [2.24, 2.45) is 0 Å². The number of halogens is 2. The quantitative estimate of drug-likeness (QED) is 0.558. The Labute approximate surface area is 91.7 Å². The Morgan fingerprint density at radius 1 is 1.38 bits per heavy atom.